The number of amides is 1. The highest BCUT2D eigenvalue weighted by molar-refractivity contribution is 6.27. The standard InChI is InChI=1S/C21H37ClN2O2/c1-2-26-16-17-8-9-20(14-17)23-12-10-19(11-13-23)24(21(25)15-22)18-6-4-3-5-7-18/h17-20H,2-16H2,1H3/t17-,20+/m0/s1. The minimum Gasteiger partial charge on any atom is -0.381 e. The van der Waals surface area contributed by atoms with Crippen molar-refractivity contribution < 1.29 is 9.53 Å². The van der Waals surface area contributed by atoms with Crippen LogP contribution in [0.2, 0.25) is 0 Å². The van der Waals surface area contributed by atoms with Gasteiger partial charge in [-0.2, -0.15) is 0 Å². The molecule has 150 valence electrons. The van der Waals surface area contributed by atoms with Crippen LogP contribution >= 0.6 is 11.6 Å². The Morgan fingerprint density at radius 3 is 2.38 bits per heavy atom. The lowest BCUT2D eigenvalue weighted by Crippen LogP contribution is -2.53. The molecule has 0 N–H and O–H groups in total. The van der Waals surface area contributed by atoms with Gasteiger partial charge in [0.25, 0.3) is 0 Å². The second-order valence-corrected chi connectivity index (χ2v) is 8.75. The van der Waals surface area contributed by atoms with Crippen molar-refractivity contribution in [3.63, 3.8) is 0 Å². The van der Waals surface area contributed by atoms with E-state index in [9.17, 15) is 4.79 Å². The maximum Gasteiger partial charge on any atom is 0.237 e. The van der Waals surface area contributed by atoms with Gasteiger partial charge in [-0.3, -0.25) is 4.79 Å². The molecule has 4 nitrogen and oxygen atoms in total. The molecule has 0 aromatic rings. The third-order valence-corrected chi connectivity index (χ3v) is 7.08. The number of alkyl halides is 1. The van der Waals surface area contributed by atoms with Crippen molar-refractivity contribution in [2.24, 2.45) is 5.92 Å². The van der Waals surface area contributed by atoms with Crippen LogP contribution in [0.1, 0.15) is 71.1 Å². The van der Waals surface area contributed by atoms with Crippen molar-refractivity contribution in [1.82, 2.24) is 9.80 Å². The Morgan fingerprint density at radius 1 is 1.04 bits per heavy atom. The molecular weight excluding hydrogens is 348 g/mol. The summed E-state index contributed by atoms with van der Waals surface area (Å²) >= 11 is 5.96. The van der Waals surface area contributed by atoms with Crippen LogP contribution in [-0.2, 0) is 9.53 Å². The summed E-state index contributed by atoms with van der Waals surface area (Å²) in [6.45, 7) is 6.11. The number of halogens is 1. The third kappa shape index (κ3) is 5.14. The van der Waals surface area contributed by atoms with Gasteiger partial charge in [0.2, 0.25) is 5.91 Å². The summed E-state index contributed by atoms with van der Waals surface area (Å²) < 4.78 is 5.63. The second kappa shape index (κ2) is 10.3. The molecule has 1 amide bonds. The molecule has 2 saturated carbocycles. The monoisotopic (exact) mass is 384 g/mol. The van der Waals surface area contributed by atoms with Gasteiger partial charge in [-0.05, 0) is 57.8 Å². The van der Waals surface area contributed by atoms with E-state index in [0.717, 1.165) is 51.1 Å². The van der Waals surface area contributed by atoms with Gasteiger partial charge < -0.3 is 14.5 Å². The first-order chi connectivity index (χ1) is 12.7. The lowest BCUT2D eigenvalue weighted by Gasteiger charge is -2.44. The normalized spacial score (nSPS) is 29.2. The van der Waals surface area contributed by atoms with Gasteiger partial charge in [0, 0.05) is 44.4 Å². The summed E-state index contributed by atoms with van der Waals surface area (Å²) in [6.07, 6.45) is 12.3. The number of carbonyl (C=O) groups is 1. The molecule has 26 heavy (non-hydrogen) atoms. The maximum atomic E-state index is 12.6. The molecule has 0 aromatic carbocycles. The molecule has 3 fully saturated rings. The van der Waals surface area contributed by atoms with Crippen molar-refractivity contribution in [2.45, 2.75) is 89.3 Å². The predicted octanol–water partition coefficient (Wildman–Crippen LogP) is 4.06. The SMILES string of the molecule is CCOC[C@H]1CC[C@@H](N2CCC(N(C(=O)CCl)C3CCCCC3)CC2)C1. The number of piperidine rings is 1. The zero-order chi connectivity index (χ0) is 18.4. The minimum atomic E-state index is 0.137. The molecule has 0 spiro atoms. The number of nitrogens with zero attached hydrogens (tertiary/aromatic N) is 2. The Bertz CT molecular complexity index is 434. The van der Waals surface area contributed by atoms with Crippen molar-refractivity contribution in [3.05, 3.63) is 0 Å². The third-order valence-electron chi connectivity index (χ3n) is 6.85. The summed E-state index contributed by atoms with van der Waals surface area (Å²) in [5.74, 6) is 1.04. The molecule has 0 aromatic heterocycles. The van der Waals surface area contributed by atoms with Gasteiger partial charge in [0.15, 0.2) is 0 Å². The Hall–Kier alpha value is -0.320. The van der Waals surface area contributed by atoms with Crippen LogP contribution in [0.4, 0.5) is 0 Å². The van der Waals surface area contributed by atoms with E-state index in [-0.39, 0.29) is 11.8 Å². The average Bonchev–Trinajstić information content (AvgIpc) is 3.17. The minimum absolute atomic E-state index is 0.137. The van der Waals surface area contributed by atoms with Gasteiger partial charge in [0.1, 0.15) is 5.88 Å². The molecular formula is C21H37ClN2O2. The highest BCUT2D eigenvalue weighted by Crippen LogP contribution is 2.33. The molecule has 2 aliphatic carbocycles. The molecule has 1 heterocycles. The number of rotatable bonds is 7. The number of hydrogen-bond donors (Lipinski definition) is 0. The van der Waals surface area contributed by atoms with E-state index < -0.39 is 0 Å². The second-order valence-electron chi connectivity index (χ2n) is 8.49. The number of likely N-dealkylation sites (tertiary alicyclic amines) is 1. The van der Waals surface area contributed by atoms with Gasteiger partial charge in [0.05, 0.1) is 0 Å². The van der Waals surface area contributed by atoms with Crippen LogP contribution in [0.25, 0.3) is 0 Å². The zero-order valence-corrected chi connectivity index (χ0v) is 17.3. The summed E-state index contributed by atoms with van der Waals surface area (Å²) in [5, 5.41) is 0. The first-order valence-corrected chi connectivity index (χ1v) is 11.4. The predicted molar refractivity (Wildman–Crippen MR) is 107 cm³/mol. The molecule has 1 saturated heterocycles. The van der Waals surface area contributed by atoms with E-state index in [1.165, 1.54) is 51.4 Å². The fraction of sp³-hybridized carbons (Fsp3) is 0.952. The van der Waals surface area contributed by atoms with Gasteiger partial charge >= 0.3 is 0 Å². The fourth-order valence-corrected chi connectivity index (χ4v) is 5.62. The summed E-state index contributed by atoms with van der Waals surface area (Å²) in [4.78, 5) is 17.4. The number of hydrogen-bond acceptors (Lipinski definition) is 3. The number of carbonyl (C=O) groups excluding carboxylic acids is 1. The first kappa shape index (κ1) is 20.4. The van der Waals surface area contributed by atoms with Gasteiger partial charge in [-0.15, -0.1) is 11.6 Å². The molecule has 3 rings (SSSR count). The zero-order valence-electron chi connectivity index (χ0n) is 16.5. The molecule has 0 unspecified atom stereocenters. The van der Waals surface area contributed by atoms with Crippen molar-refractivity contribution >= 4 is 17.5 Å². The molecule has 3 aliphatic rings. The lowest BCUT2D eigenvalue weighted by atomic mass is 9.91. The van der Waals surface area contributed by atoms with Crippen LogP contribution in [0, 0.1) is 5.92 Å². The van der Waals surface area contributed by atoms with Crippen LogP contribution < -0.4 is 0 Å². The van der Waals surface area contributed by atoms with Crippen LogP contribution in [-0.4, -0.2) is 66.0 Å². The van der Waals surface area contributed by atoms with E-state index in [4.69, 9.17) is 16.3 Å². The largest absolute Gasteiger partial charge is 0.381 e. The highest BCUT2D eigenvalue weighted by Gasteiger charge is 2.36. The molecule has 0 radical (unpaired) electrons. The van der Waals surface area contributed by atoms with Crippen LogP contribution in [0.3, 0.4) is 0 Å². The maximum absolute atomic E-state index is 12.6. The van der Waals surface area contributed by atoms with Crippen molar-refractivity contribution in [3.8, 4) is 0 Å². The van der Waals surface area contributed by atoms with Crippen LogP contribution in [0.15, 0.2) is 0 Å². The topological polar surface area (TPSA) is 32.8 Å². The Balaban J connectivity index is 1.50. The van der Waals surface area contributed by atoms with E-state index in [0.29, 0.717) is 12.1 Å². The van der Waals surface area contributed by atoms with E-state index >= 15 is 0 Å². The molecule has 1 aliphatic heterocycles. The van der Waals surface area contributed by atoms with Crippen molar-refractivity contribution in [2.75, 3.05) is 32.2 Å². The Kier molecular flexibility index (Phi) is 8.08. The van der Waals surface area contributed by atoms with Crippen LogP contribution in [0.5, 0.6) is 0 Å². The quantitative estimate of drug-likeness (QED) is 0.620. The fourth-order valence-electron chi connectivity index (χ4n) is 5.48. The van der Waals surface area contributed by atoms with E-state index in [2.05, 4.69) is 16.7 Å². The van der Waals surface area contributed by atoms with Gasteiger partial charge in [-0.25, -0.2) is 0 Å². The number of ether oxygens (including phenoxy) is 1. The first-order valence-electron chi connectivity index (χ1n) is 10.9. The molecule has 2 atom stereocenters. The van der Waals surface area contributed by atoms with E-state index in [1.807, 2.05) is 0 Å². The lowest BCUT2D eigenvalue weighted by molar-refractivity contribution is -0.135. The average molecular weight is 385 g/mol. The highest BCUT2D eigenvalue weighted by atomic mass is 35.5. The Labute approximate surface area is 164 Å². The van der Waals surface area contributed by atoms with Gasteiger partial charge in [-0.1, -0.05) is 19.3 Å². The summed E-state index contributed by atoms with van der Waals surface area (Å²) in [5.41, 5.74) is 0. The van der Waals surface area contributed by atoms with Crippen molar-refractivity contribution in [1.29, 1.82) is 0 Å². The molecule has 5 heteroatoms. The van der Waals surface area contributed by atoms with E-state index in [1.54, 1.807) is 0 Å². The smallest absolute Gasteiger partial charge is 0.237 e. The summed E-state index contributed by atoms with van der Waals surface area (Å²) in [7, 11) is 0. The molecule has 0 bridgehead atoms. The summed E-state index contributed by atoms with van der Waals surface area (Å²) in [6, 6.07) is 1.57. The Morgan fingerprint density at radius 2 is 1.73 bits per heavy atom.